The molecule has 11 heteroatoms. The number of rotatable bonds is 5. The van der Waals surface area contributed by atoms with E-state index in [4.69, 9.17) is 23.4 Å². The summed E-state index contributed by atoms with van der Waals surface area (Å²) in [4.78, 5) is 66.5. The zero-order chi connectivity index (χ0) is 27.1. The van der Waals surface area contributed by atoms with Gasteiger partial charge in [0, 0.05) is 57.6 Å². The van der Waals surface area contributed by atoms with Crippen molar-refractivity contribution >= 4 is 23.7 Å². The summed E-state index contributed by atoms with van der Waals surface area (Å²) in [5.74, 6) is -6.00. The molecule has 196 valence electrons. The van der Waals surface area contributed by atoms with Crippen molar-refractivity contribution in [1.29, 1.82) is 0 Å². The van der Waals surface area contributed by atoms with E-state index in [2.05, 4.69) is 4.98 Å². The minimum atomic E-state index is -1.76. The maximum Gasteiger partial charge on any atom is 0.351 e. The summed E-state index contributed by atoms with van der Waals surface area (Å²) in [6.07, 6.45) is 2.10. The van der Waals surface area contributed by atoms with Gasteiger partial charge in [-0.3, -0.25) is 24.2 Å². The number of aromatic nitrogens is 1. The standard InChI is InChI=1S/C26H27NO10/c1-13(28)33-21-10-17(26(5,35-14(2)29)36-15(3)30)9-18-23(31)22-20(37-25(18,21)4)11-19(34-24(22)32)16-7-6-8-27-12-16/h6-8,11-12,17-18,21H,9-10H2,1-5H3/t17-,18-,21-,25-/m0/s1. The molecule has 1 aliphatic heterocycles. The fraction of sp³-hybridized carbons (Fsp3) is 0.462. The predicted octanol–water partition coefficient (Wildman–Crippen LogP) is 2.84. The first-order valence-electron chi connectivity index (χ1n) is 11.7. The average Bonchev–Trinajstić information content (AvgIpc) is 2.78. The van der Waals surface area contributed by atoms with Gasteiger partial charge in [0.25, 0.3) is 5.79 Å². The first kappa shape index (κ1) is 26.1. The van der Waals surface area contributed by atoms with Crippen LogP contribution in [0, 0.1) is 11.8 Å². The zero-order valence-corrected chi connectivity index (χ0v) is 21.1. The lowest BCUT2D eigenvalue weighted by Crippen LogP contribution is -2.64. The van der Waals surface area contributed by atoms with E-state index in [0.717, 1.165) is 13.8 Å². The Morgan fingerprint density at radius 3 is 2.32 bits per heavy atom. The molecule has 4 atom stereocenters. The molecule has 0 spiro atoms. The lowest BCUT2D eigenvalue weighted by molar-refractivity contribution is -0.255. The van der Waals surface area contributed by atoms with Crippen molar-refractivity contribution in [2.24, 2.45) is 11.8 Å². The minimum Gasteiger partial charge on any atom is -0.482 e. The van der Waals surface area contributed by atoms with Crippen LogP contribution in [-0.2, 0) is 28.6 Å². The van der Waals surface area contributed by atoms with Crippen LogP contribution in [0.2, 0.25) is 0 Å². The Balaban J connectivity index is 1.81. The number of esters is 3. The summed E-state index contributed by atoms with van der Waals surface area (Å²) in [6.45, 7) is 6.57. The van der Waals surface area contributed by atoms with Crippen molar-refractivity contribution in [3.8, 4) is 17.1 Å². The summed E-state index contributed by atoms with van der Waals surface area (Å²) < 4.78 is 28.1. The van der Waals surface area contributed by atoms with E-state index < -0.39 is 58.6 Å². The number of carbonyl (C=O) groups is 4. The Morgan fingerprint density at radius 1 is 1.08 bits per heavy atom. The highest BCUT2D eigenvalue weighted by Crippen LogP contribution is 2.50. The van der Waals surface area contributed by atoms with Gasteiger partial charge in [0.2, 0.25) is 0 Å². The number of pyridine rings is 1. The monoisotopic (exact) mass is 513 g/mol. The number of carbonyl (C=O) groups excluding carboxylic acids is 4. The highest BCUT2D eigenvalue weighted by atomic mass is 16.7. The fourth-order valence-electron chi connectivity index (χ4n) is 5.22. The van der Waals surface area contributed by atoms with E-state index >= 15 is 0 Å². The largest absolute Gasteiger partial charge is 0.482 e. The van der Waals surface area contributed by atoms with Crippen LogP contribution in [0.15, 0.2) is 39.8 Å². The third-order valence-corrected chi connectivity index (χ3v) is 6.85. The number of ether oxygens (including phenoxy) is 4. The SMILES string of the molecule is CC(=O)O[C@H]1C[C@@H](C(C)(OC(C)=O)OC(C)=O)C[C@H]2C(=O)c3c(cc(-c4cccnc4)oc3=O)O[C@]12C. The van der Waals surface area contributed by atoms with E-state index in [1.807, 2.05) is 0 Å². The highest BCUT2D eigenvalue weighted by molar-refractivity contribution is 6.02. The van der Waals surface area contributed by atoms with Gasteiger partial charge in [0.1, 0.15) is 23.2 Å². The van der Waals surface area contributed by atoms with Gasteiger partial charge in [-0.05, 0) is 31.9 Å². The number of fused-ring (bicyclic) bond motifs is 2. The van der Waals surface area contributed by atoms with Crippen molar-refractivity contribution in [1.82, 2.24) is 4.98 Å². The smallest absolute Gasteiger partial charge is 0.351 e. The van der Waals surface area contributed by atoms with Gasteiger partial charge < -0.3 is 23.4 Å². The first-order chi connectivity index (χ1) is 17.3. The van der Waals surface area contributed by atoms with Crippen LogP contribution in [0.3, 0.4) is 0 Å². The number of hydrogen-bond donors (Lipinski definition) is 0. The summed E-state index contributed by atoms with van der Waals surface area (Å²) in [5.41, 5.74) is -2.04. The first-order valence-corrected chi connectivity index (χ1v) is 11.7. The maximum absolute atomic E-state index is 13.8. The molecule has 0 aromatic carbocycles. The second-order valence-corrected chi connectivity index (χ2v) is 9.55. The van der Waals surface area contributed by atoms with Gasteiger partial charge in [0.15, 0.2) is 11.4 Å². The molecule has 2 aliphatic rings. The second-order valence-electron chi connectivity index (χ2n) is 9.55. The Labute approximate surface area is 212 Å². The van der Waals surface area contributed by atoms with Crippen LogP contribution in [0.4, 0.5) is 0 Å². The molecule has 1 fully saturated rings. The van der Waals surface area contributed by atoms with E-state index in [9.17, 15) is 24.0 Å². The molecular weight excluding hydrogens is 486 g/mol. The summed E-state index contributed by atoms with van der Waals surface area (Å²) in [6, 6.07) is 4.79. The topological polar surface area (TPSA) is 148 Å². The molecule has 4 rings (SSSR count). The summed E-state index contributed by atoms with van der Waals surface area (Å²) in [7, 11) is 0. The molecule has 0 radical (unpaired) electrons. The van der Waals surface area contributed by atoms with Gasteiger partial charge in [-0.25, -0.2) is 4.79 Å². The molecule has 3 heterocycles. The van der Waals surface area contributed by atoms with E-state index in [1.54, 1.807) is 25.3 Å². The molecule has 0 bridgehead atoms. The molecule has 0 amide bonds. The van der Waals surface area contributed by atoms with Gasteiger partial charge in [-0.1, -0.05) is 0 Å². The van der Waals surface area contributed by atoms with Gasteiger partial charge in [0.05, 0.1) is 5.92 Å². The quantitative estimate of drug-likeness (QED) is 0.429. The van der Waals surface area contributed by atoms with E-state index in [1.165, 1.54) is 26.1 Å². The number of ketones is 1. The van der Waals surface area contributed by atoms with E-state index in [-0.39, 0.29) is 29.9 Å². The molecule has 1 aliphatic carbocycles. The van der Waals surface area contributed by atoms with E-state index in [0.29, 0.717) is 5.56 Å². The predicted molar refractivity (Wildman–Crippen MR) is 125 cm³/mol. The van der Waals surface area contributed by atoms with Gasteiger partial charge in [-0.2, -0.15) is 0 Å². The Bertz CT molecular complexity index is 1300. The second kappa shape index (κ2) is 9.45. The highest BCUT2D eigenvalue weighted by Gasteiger charge is 2.61. The normalized spacial score (nSPS) is 24.7. The Kier molecular flexibility index (Phi) is 6.66. The lowest BCUT2D eigenvalue weighted by Gasteiger charge is -2.52. The van der Waals surface area contributed by atoms with Crippen molar-refractivity contribution in [2.75, 3.05) is 0 Å². The van der Waals surface area contributed by atoms with Crippen LogP contribution in [0.1, 0.15) is 57.8 Å². The van der Waals surface area contributed by atoms with Crippen LogP contribution in [0.25, 0.3) is 11.3 Å². The number of Topliss-reactive ketones (excluding diaryl/α,β-unsaturated/α-hetero) is 1. The fourth-order valence-corrected chi connectivity index (χ4v) is 5.22. The molecule has 0 saturated heterocycles. The summed E-state index contributed by atoms with van der Waals surface area (Å²) >= 11 is 0. The molecule has 0 unspecified atom stereocenters. The molecule has 11 nitrogen and oxygen atoms in total. The van der Waals surface area contributed by atoms with Crippen molar-refractivity contribution < 1.29 is 42.5 Å². The van der Waals surface area contributed by atoms with Crippen LogP contribution in [-0.4, -0.2) is 46.2 Å². The number of nitrogens with zero attached hydrogens (tertiary/aromatic N) is 1. The molecule has 1 saturated carbocycles. The van der Waals surface area contributed by atoms with Crippen LogP contribution < -0.4 is 10.4 Å². The molecule has 2 aromatic rings. The van der Waals surface area contributed by atoms with Gasteiger partial charge in [-0.15, -0.1) is 0 Å². The van der Waals surface area contributed by atoms with Gasteiger partial charge >= 0.3 is 23.5 Å². The number of hydrogen-bond acceptors (Lipinski definition) is 11. The Hall–Kier alpha value is -4.02. The third kappa shape index (κ3) is 4.85. The minimum absolute atomic E-state index is 0.00260. The molecule has 0 N–H and O–H groups in total. The van der Waals surface area contributed by atoms with Crippen molar-refractivity contribution in [3.63, 3.8) is 0 Å². The zero-order valence-electron chi connectivity index (χ0n) is 21.1. The molecule has 37 heavy (non-hydrogen) atoms. The molecule has 2 aromatic heterocycles. The summed E-state index contributed by atoms with van der Waals surface area (Å²) in [5, 5.41) is 0. The van der Waals surface area contributed by atoms with Crippen molar-refractivity contribution in [2.45, 2.75) is 65.0 Å². The van der Waals surface area contributed by atoms with Crippen LogP contribution in [0.5, 0.6) is 5.75 Å². The molecular formula is C26H27NO10. The lowest BCUT2D eigenvalue weighted by atomic mass is 9.64. The maximum atomic E-state index is 13.8. The third-order valence-electron chi connectivity index (χ3n) is 6.85. The average molecular weight is 513 g/mol. The van der Waals surface area contributed by atoms with Crippen LogP contribution >= 0.6 is 0 Å². The van der Waals surface area contributed by atoms with Crippen molar-refractivity contribution in [3.05, 3.63) is 46.6 Å². The Morgan fingerprint density at radius 2 is 1.76 bits per heavy atom.